The molecule has 6 nitrogen and oxygen atoms in total. The van der Waals surface area contributed by atoms with Crippen molar-refractivity contribution in [3.05, 3.63) is 12.4 Å². The Hall–Kier alpha value is -0.920. The first-order chi connectivity index (χ1) is 10.0. The van der Waals surface area contributed by atoms with Gasteiger partial charge in [-0.05, 0) is 37.6 Å². The van der Waals surface area contributed by atoms with Crippen LogP contribution in [0.25, 0.3) is 0 Å². The summed E-state index contributed by atoms with van der Waals surface area (Å²) < 4.78 is 28.9. The summed E-state index contributed by atoms with van der Waals surface area (Å²) in [5, 5.41) is 7.38. The maximum atomic E-state index is 12.2. The molecule has 2 rings (SSSR count). The van der Waals surface area contributed by atoms with Crippen molar-refractivity contribution in [2.24, 2.45) is 5.41 Å². The van der Waals surface area contributed by atoms with Gasteiger partial charge in [0.05, 0.1) is 12.7 Å². The van der Waals surface area contributed by atoms with Crippen molar-refractivity contribution >= 4 is 10.0 Å². The maximum Gasteiger partial charge on any atom is 0.243 e. The smallest absolute Gasteiger partial charge is 0.243 e. The summed E-state index contributed by atoms with van der Waals surface area (Å²) in [4.78, 5) is 0.255. The highest BCUT2D eigenvalue weighted by atomic mass is 32.2. The number of nitrogens with one attached hydrogen (secondary N) is 2. The Morgan fingerprint density at radius 2 is 2.10 bits per heavy atom. The lowest BCUT2D eigenvalue weighted by atomic mass is 10.1. The van der Waals surface area contributed by atoms with Crippen LogP contribution < -0.4 is 10.0 Å². The van der Waals surface area contributed by atoms with Crippen LogP contribution in [0.3, 0.4) is 0 Å². The number of hydrogen-bond acceptors (Lipinski definition) is 4. The monoisotopic (exact) mass is 314 g/mol. The van der Waals surface area contributed by atoms with Crippen molar-refractivity contribution in [1.82, 2.24) is 19.8 Å². The van der Waals surface area contributed by atoms with Crippen molar-refractivity contribution in [3.63, 3.8) is 0 Å². The molecule has 1 aliphatic carbocycles. The van der Waals surface area contributed by atoms with E-state index in [9.17, 15) is 8.42 Å². The molecule has 1 aromatic rings. The first-order valence-electron chi connectivity index (χ1n) is 7.74. The second kappa shape index (κ2) is 6.89. The Kier molecular flexibility index (Phi) is 5.40. The van der Waals surface area contributed by atoms with Crippen molar-refractivity contribution in [3.8, 4) is 0 Å². The van der Waals surface area contributed by atoms with Crippen LogP contribution in [0.2, 0.25) is 0 Å². The van der Waals surface area contributed by atoms with Gasteiger partial charge in [-0.15, -0.1) is 0 Å². The van der Waals surface area contributed by atoms with Gasteiger partial charge >= 0.3 is 0 Å². The zero-order chi connectivity index (χ0) is 15.3. The molecule has 1 heterocycles. The second-order valence-corrected chi connectivity index (χ2v) is 7.63. The van der Waals surface area contributed by atoms with Gasteiger partial charge < -0.3 is 5.32 Å². The molecule has 21 heavy (non-hydrogen) atoms. The minimum Gasteiger partial charge on any atom is -0.315 e. The molecule has 120 valence electrons. The molecule has 0 radical (unpaired) electrons. The van der Waals surface area contributed by atoms with Gasteiger partial charge in [0.25, 0.3) is 0 Å². The van der Waals surface area contributed by atoms with Crippen molar-refractivity contribution in [1.29, 1.82) is 0 Å². The van der Waals surface area contributed by atoms with Gasteiger partial charge in [0.2, 0.25) is 10.0 Å². The van der Waals surface area contributed by atoms with Crippen molar-refractivity contribution < 1.29 is 8.42 Å². The molecule has 0 bridgehead atoms. The van der Waals surface area contributed by atoms with Crippen LogP contribution in [0.5, 0.6) is 0 Å². The lowest BCUT2D eigenvalue weighted by Crippen LogP contribution is -2.29. The quantitative estimate of drug-likeness (QED) is 0.639. The van der Waals surface area contributed by atoms with Crippen LogP contribution in [0, 0.1) is 5.41 Å². The summed E-state index contributed by atoms with van der Waals surface area (Å²) in [7, 11) is -3.43. The molecule has 2 N–H and O–H groups in total. The van der Waals surface area contributed by atoms with E-state index in [-0.39, 0.29) is 10.3 Å². The lowest BCUT2D eigenvalue weighted by Gasteiger charge is -2.12. The van der Waals surface area contributed by atoms with E-state index in [0.717, 1.165) is 38.8 Å². The molecule has 7 heteroatoms. The van der Waals surface area contributed by atoms with Crippen LogP contribution in [-0.2, 0) is 16.6 Å². The zero-order valence-electron chi connectivity index (χ0n) is 12.9. The highest BCUT2D eigenvalue weighted by molar-refractivity contribution is 7.89. The Balaban J connectivity index is 1.86. The second-order valence-electron chi connectivity index (χ2n) is 5.87. The van der Waals surface area contributed by atoms with Gasteiger partial charge in [-0.1, -0.05) is 13.8 Å². The summed E-state index contributed by atoms with van der Waals surface area (Å²) >= 11 is 0. The Morgan fingerprint density at radius 1 is 1.33 bits per heavy atom. The first-order valence-corrected chi connectivity index (χ1v) is 9.22. The Morgan fingerprint density at radius 3 is 2.71 bits per heavy atom. The van der Waals surface area contributed by atoms with Crippen LogP contribution >= 0.6 is 0 Å². The fraction of sp³-hybridized carbons (Fsp3) is 0.786. The van der Waals surface area contributed by atoms with E-state index in [1.165, 1.54) is 6.20 Å². The minimum absolute atomic E-state index is 0.202. The molecular weight excluding hydrogens is 288 g/mol. The fourth-order valence-electron chi connectivity index (χ4n) is 2.26. The van der Waals surface area contributed by atoms with Gasteiger partial charge in [-0.3, -0.25) is 4.68 Å². The minimum atomic E-state index is -3.43. The van der Waals surface area contributed by atoms with E-state index in [0.29, 0.717) is 13.1 Å². The SMILES string of the molecule is CCCNCCn1cc(S(=O)(=O)NCC2(CC)CC2)cn1. The molecule has 0 saturated heterocycles. The van der Waals surface area contributed by atoms with Gasteiger partial charge in [-0.2, -0.15) is 5.10 Å². The van der Waals surface area contributed by atoms with E-state index in [1.807, 2.05) is 0 Å². The van der Waals surface area contributed by atoms with E-state index >= 15 is 0 Å². The van der Waals surface area contributed by atoms with Crippen LogP contribution in [0.15, 0.2) is 17.3 Å². The number of aromatic nitrogens is 2. The van der Waals surface area contributed by atoms with Gasteiger partial charge in [0.1, 0.15) is 4.90 Å². The largest absolute Gasteiger partial charge is 0.315 e. The topological polar surface area (TPSA) is 76.0 Å². The summed E-state index contributed by atoms with van der Waals surface area (Å²) in [5.74, 6) is 0. The van der Waals surface area contributed by atoms with Gasteiger partial charge in [0.15, 0.2) is 0 Å². The Bertz CT molecular complexity index is 549. The van der Waals surface area contributed by atoms with Crippen molar-refractivity contribution in [2.45, 2.75) is 51.0 Å². The molecule has 0 amide bonds. The third-order valence-electron chi connectivity index (χ3n) is 4.21. The van der Waals surface area contributed by atoms with E-state index < -0.39 is 10.0 Å². The molecular formula is C14H26N4O2S. The molecule has 0 aromatic carbocycles. The van der Waals surface area contributed by atoms with E-state index in [4.69, 9.17) is 0 Å². The van der Waals surface area contributed by atoms with Crippen molar-refractivity contribution in [2.75, 3.05) is 19.6 Å². The fourth-order valence-corrected chi connectivity index (χ4v) is 3.37. The number of sulfonamides is 1. The Labute approximate surface area is 127 Å². The third-order valence-corrected chi connectivity index (χ3v) is 5.56. The normalized spacial score (nSPS) is 17.0. The number of hydrogen-bond donors (Lipinski definition) is 2. The maximum absolute atomic E-state index is 12.2. The molecule has 0 aliphatic heterocycles. The third kappa shape index (κ3) is 4.52. The standard InChI is InChI=1S/C14H26N4O2S/c1-3-7-15-8-9-18-11-13(10-16-18)21(19,20)17-12-14(4-2)5-6-14/h10-11,15,17H,3-9,12H2,1-2H3. The molecule has 0 unspecified atom stereocenters. The summed E-state index contributed by atoms with van der Waals surface area (Å²) in [6, 6.07) is 0. The van der Waals surface area contributed by atoms with Gasteiger partial charge in [-0.25, -0.2) is 13.1 Å². The molecule has 1 aliphatic rings. The van der Waals surface area contributed by atoms with E-state index in [1.54, 1.807) is 10.9 Å². The molecule has 1 fully saturated rings. The number of rotatable bonds is 10. The zero-order valence-corrected chi connectivity index (χ0v) is 13.7. The summed E-state index contributed by atoms with van der Waals surface area (Å²) in [5.41, 5.74) is 0.202. The van der Waals surface area contributed by atoms with Crippen LogP contribution in [0.1, 0.15) is 39.5 Å². The van der Waals surface area contributed by atoms with Crippen LogP contribution in [-0.4, -0.2) is 37.8 Å². The predicted molar refractivity (Wildman–Crippen MR) is 82.5 cm³/mol. The summed E-state index contributed by atoms with van der Waals surface area (Å²) in [6.45, 7) is 7.20. The average Bonchev–Trinajstić information content (AvgIpc) is 3.10. The lowest BCUT2D eigenvalue weighted by molar-refractivity contribution is 0.475. The molecule has 1 saturated carbocycles. The van der Waals surface area contributed by atoms with E-state index in [2.05, 4.69) is 29.0 Å². The molecule has 1 aromatic heterocycles. The average molecular weight is 314 g/mol. The molecule has 0 atom stereocenters. The number of nitrogens with zero attached hydrogens (tertiary/aromatic N) is 2. The first kappa shape index (κ1) is 16.5. The highest BCUT2D eigenvalue weighted by Crippen LogP contribution is 2.48. The summed E-state index contributed by atoms with van der Waals surface area (Å²) in [6.07, 6.45) is 7.37. The van der Waals surface area contributed by atoms with Crippen LogP contribution in [0.4, 0.5) is 0 Å². The predicted octanol–water partition coefficient (Wildman–Crippen LogP) is 1.35. The van der Waals surface area contributed by atoms with Gasteiger partial charge in [0, 0.05) is 19.3 Å². The highest BCUT2D eigenvalue weighted by Gasteiger charge is 2.41. The molecule has 0 spiro atoms.